The molecule has 0 radical (unpaired) electrons. The van der Waals surface area contributed by atoms with Gasteiger partial charge in [0.25, 0.3) is 0 Å². The van der Waals surface area contributed by atoms with Gasteiger partial charge in [0, 0.05) is 18.6 Å². The second-order valence-corrected chi connectivity index (χ2v) is 7.18. The standard InChI is InChI=1S/C25H25NO5/c1-29-14-15-31-17-25(16-26,24(27)28)23(21-11-5-6-13-22(21)30-2)20-12-7-9-18-8-3-4-10-19(18)20/h3-13,23H,14-15,17H2,1-2H3,(H,27,28)/t23-,25-/m0/s1. The first-order valence-electron chi connectivity index (χ1n) is 9.91. The van der Waals surface area contributed by atoms with Crippen molar-refractivity contribution in [2.75, 3.05) is 34.0 Å². The predicted octanol–water partition coefficient (Wildman–Crippen LogP) is 4.24. The molecule has 31 heavy (non-hydrogen) atoms. The molecule has 6 heteroatoms. The topological polar surface area (TPSA) is 88.8 Å². The molecule has 0 aliphatic heterocycles. The van der Waals surface area contributed by atoms with Gasteiger partial charge in [-0.1, -0.05) is 60.7 Å². The van der Waals surface area contributed by atoms with Crippen LogP contribution in [0.5, 0.6) is 5.75 Å². The molecule has 0 saturated carbocycles. The molecule has 0 fully saturated rings. The summed E-state index contributed by atoms with van der Waals surface area (Å²) in [6.07, 6.45) is 0. The monoisotopic (exact) mass is 419 g/mol. The molecular formula is C25H25NO5. The van der Waals surface area contributed by atoms with Gasteiger partial charge in [-0.2, -0.15) is 5.26 Å². The Morgan fingerprint density at radius 2 is 1.68 bits per heavy atom. The predicted molar refractivity (Wildman–Crippen MR) is 117 cm³/mol. The molecule has 3 aromatic rings. The van der Waals surface area contributed by atoms with Gasteiger partial charge in [0.1, 0.15) is 5.75 Å². The van der Waals surface area contributed by atoms with Gasteiger partial charge in [-0.05, 0) is 22.4 Å². The van der Waals surface area contributed by atoms with Gasteiger partial charge in [0.05, 0.1) is 33.0 Å². The molecule has 0 saturated heterocycles. The zero-order valence-electron chi connectivity index (χ0n) is 17.6. The summed E-state index contributed by atoms with van der Waals surface area (Å²) in [4.78, 5) is 12.7. The Hall–Kier alpha value is -3.40. The minimum Gasteiger partial charge on any atom is -0.496 e. The Kier molecular flexibility index (Phi) is 7.24. The molecule has 6 nitrogen and oxygen atoms in total. The number of carboxylic acid groups (broad SMARTS) is 1. The van der Waals surface area contributed by atoms with E-state index >= 15 is 0 Å². The number of benzene rings is 3. The minimum absolute atomic E-state index is 0.182. The van der Waals surface area contributed by atoms with Crippen LogP contribution in [0, 0.1) is 16.7 Å². The average Bonchev–Trinajstić information content (AvgIpc) is 2.81. The normalized spacial score (nSPS) is 13.8. The summed E-state index contributed by atoms with van der Waals surface area (Å²) in [6.45, 7) is 0.185. The van der Waals surface area contributed by atoms with Crippen molar-refractivity contribution in [1.82, 2.24) is 0 Å². The van der Waals surface area contributed by atoms with E-state index in [2.05, 4.69) is 6.07 Å². The van der Waals surface area contributed by atoms with Crippen molar-refractivity contribution in [3.05, 3.63) is 77.9 Å². The Balaban J connectivity index is 2.28. The van der Waals surface area contributed by atoms with E-state index in [1.807, 2.05) is 54.6 Å². The van der Waals surface area contributed by atoms with E-state index in [1.54, 1.807) is 12.1 Å². The number of carboxylic acids is 1. The Morgan fingerprint density at radius 3 is 2.39 bits per heavy atom. The first-order valence-corrected chi connectivity index (χ1v) is 9.91. The lowest BCUT2D eigenvalue weighted by molar-refractivity contribution is -0.149. The number of nitriles is 1. The summed E-state index contributed by atoms with van der Waals surface area (Å²) in [5.41, 5.74) is -0.547. The van der Waals surface area contributed by atoms with Crippen LogP contribution in [-0.4, -0.2) is 45.1 Å². The molecule has 1 N–H and O–H groups in total. The lowest BCUT2D eigenvalue weighted by Crippen LogP contribution is -2.41. The van der Waals surface area contributed by atoms with Crippen LogP contribution >= 0.6 is 0 Å². The third kappa shape index (κ3) is 4.38. The first kappa shape index (κ1) is 22.3. The fraction of sp³-hybridized carbons (Fsp3) is 0.280. The minimum atomic E-state index is -1.88. The molecule has 3 aromatic carbocycles. The molecular weight excluding hydrogens is 394 g/mol. The van der Waals surface area contributed by atoms with E-state index in [4.69, 9.17) is 14.2 Å². The van der Waals surface area contributed by atoms with Gasteiger partial charge in [-0.15, -0.1) is 0 Å². The smallest absolute Gasteiger partial charge is 0.327 e. The van der Waals surface area contributed by atoms with E-state index in [9.17, 15) is 15.2 Å². The van der Waals surface area contributed by atoms with Gasteiger partial charge >= 0.3 is 5.97 Å². The highest BCUT2D eigenvalue weighted by Crippen LogP contribution is 2.47. The number of para-hydroxylation sites is 1. The zero-order valence-corrected chi connectivity index (χ0v) is 17.6. The lowest BCUT2D eigenvalue weighted by Gasteiger charge is -2.33. The Bertz CT molecular complexity index is 1090. The van der Waals surface area contributed by atoms with Crippen molar-refractivity contribution >= 4 is 16.7 Å². The van der Waals surface area contributed by atoms with Crippen LogP contribution in [0.2, 0.25) is 0 Å². The van der Waals surface area contributed by atoms with Crippen LogP contribution < -0.4 is 4.74 Å². The van der Waals surface area contributed by atoms with Crippen molar-refractivity contribution in [2.24, 2.45) is 5.41 Å². The van der Waals surface area contributed by atoms with Crippen LogP contribution in [0.15, 0.2) is 66.7 Å². The molecule has 160 valence electrons. The van der Waals surface area contributed by atoms with Gasteiger partial charge in [-0.25, -0.2) is 0 Å². The fourth-order valence-electron chi connectivity index (χ4n) is 3.89. The third-order valence-electron chi connectivity index (χ3n) is 5.42. The summed E-state index contributed by atoms with van der Waals surface area (Å²) >= 11 is 0. The van der Waals surface area contributed by atoms with Gasteiger partial charge < -0.3 is 19.3 Å². The number of fused-ring (bicyclic) bond motifs is 1. The van der Waals surface area contributed by atoms with Crippen molar-refractivity contribution < 1.29 is 24.1 Å². The van der Waals surface area contributed by atoms with Crippen molar-refractivity contribution in [3.8, 4) is 11.8 Å². The van der Waals surface area contributed by atoms with Gasteiger partial charge in [0.2, 0.25) is 0 Å². The largest absolute Gasteiger partial charge is 0.496 e. The highest BCUT2D eigenvalue weighted by molar-refractivity contribution is 5.89. The molecule has 0 bridgehead atoms. The Labute approximate surface area is 181 Å². The van der Waals surface area contributed by atoms with E-state index in [0.29, 0.717) is 17.9 Å². The highest BCUT2D eigenvalue weighted by atomic mass is 16.5. The first-order chi connectivity index (χ1) is 15.1. The maximum atomic E-state index is 12.7. The molecule has 3 rings (SSSR count). The lowest BCUT2D eigenvalue weighted by atomic mass is 9.68. The fourth-order valence-corrected chi connectivity index (χ4v) is 3.89. The summed E-state index contributed by atoms with van der Waals surface area (Å²) in [7, 11) is 3.06. The number of ether oxygens (including phenoxy) is 3. The summed E-state index contributed by atoms with van der Waals surface area (Å²) < 4.78 is 16.2. The molecule has 0 amide bonds. The highest BCUT2D eigenvalue weighted by Gasteiger charge is 2.50. The average molecular weight is 419 g/mol. The zero-order chi connectivity index (χ0) is 22.3. The molecule has 2 atom stereocenters. The molecule has 0 aliphatic carbocycles. The maximum Gasteiger partial charge on any atom is 0.327 e. The second kappa shape index (κ2) is 10.1. The molecule has 0 aromatic heterocycles. The van der Waals surface area contributed by atoms with Crippen LogP contribution in [-0.2, 0) is 14.3 Å². The Morgan fingerprint density at radius 1 is 1.00 bits per heavy atom. The quantitative estimate of drug-likeness (QED) is 0.495. The van der Waals surface area contributed by atoms with E-state index in [-0.39, 0.29) is 13.2 Å². The number of nitrogens with zero attached hydrogens (tertiary/aromatic N) is 1. The number of hydrogen-bond acceptors (Lipinski definition) is 5. The second-order valence-electron chi connectivity index (χ2n) is 7.18. The van der Waals surface area contributed by atoms with E-state index in [0.717, 1.165) is 16.3 Å². The van der Waals surface area contributed by atoms with Crippen molar-refractivity contribution in [2.45, 2.75) is 5.92 Å². The summed E-state index contributed by atoms with van der Waals surface area (Å²) in [6, 6.07) is 22.7. The van der Waals surface area contributed by atoms with E-state index in [1.165, 1.54) is 14.2 Å². The van der Waals surface area contributed by atoms with Crippen molar-refractivity contribution in [3.63, 3.8) is 0 Å². The molecule has 0 spiro atoms. The molecule has 0 aliphatic rings. The molecule has 0 heterocycles. The number of methoxy groups -OCH3 is 2. The van der Waals surface area contributed by atoms with Crippen LogP contribution in [0.3, 0.4) is 0 Å². The van der Waals surface area contributed by atoms with Crippen molar-refractivity contribution in [1.29, 1.82) is 5.26 Å². The number of carbonyl (C=O) groups is 1. The molecule has 0 unspecified atom stereocenters. The van der Waals surface area contributed by atoms with Gasteiger partial charge in [0.15, 0.2) is 5.41 Å². The number of aliphatic carboxylic acids is 1. The van der Waals surface area contributed by atoms with E-state index < -0.39 is 17.3 Å². The SMILES string of the molecule is COCCOC[C@](C#N)(C(=O)O)[C@H](c1ccccc1OC)c1cccc2ccccc12. The van der Waals surface area contributed by atoms with Crippen LogP contribution in [0.1, 0.15) is 17.0 Å². The van der Waals surface area contributed by atoms with Crippen LogP contribution in [0.4, 0.5) is 0 Å². The summed E-state index contributed by atoms with van der Waals surface area (Å²) in [5, 5.41) is 22.4. The van der Waals surface area contributed by atoms with Crippen LogP contribution in [0.25, 0.3) is 10.8 Å². The number of hydrogen-bond donors (Lipinski definition) is 1. The maximum absolute atomic E-state index is 12.7. The van der Waals surface area contributed by atoms with Gasteiger partial charge in [-0.3, -0.25) is 4.79 Å². The number of rotatable bonds is 10. The summed E-state index contributed by atoms with van der Waals surface area (Å²) in [5.74, 6) is -1.57. The third-order valence-corrected chi connectivity index (χ3v) is 5.42.